The molecule has 6 nitrogen and oxygen atoms in total. The molecule has 0 saturated carbocycles. The Bertz CT molecular complexity index is 668. The van der Waals surface area contributed by atoms with Crippen LogP contribution in [0.1, 0.15) is 15.2 Å². The third kappa shape index (κ3) is 4.42. The Balaban J connectivity index is 1.82. The normalized spacial score (nSPS) is 10.4. The van der Waals surface area contributed by atoms with Crippen LogP contribution in [0.5, 0.6) is 5.75 Å². The van der Waals surface area contributed by atoms with Gasteiger partial charge in [-0.25, -0.2) is 5.43 Å². The first-order valence-electron chi connectivity index (χ1n) is 6.47. The highest BCUT2D eigenvalue weighted by molar-refractivity contribution is 7.11. The van der Waals surface area contributed by atoms with E-state index in [1.54, 1.807) is 30.5 Å². The second kappa shape index (κ2) is 7.94. The number of para-hydroxylation sites is 1. The molecule has 0 spiro atoms. The highest BCUT2D eigenvalue weighted by atomic mass is 32.1. The predicted molar refractivity (Wildman–Crippen MR) is 85.4 cm³/mol. The van der Waals surface area contributed by atoms with E-state index in [4.69, 9.17) is 4.74 Å². The number of benzene rings is 1. The first-order valence-corrected chi connectivity index (χ1v) is 7.35. The molecule has 0 fully saturated rings. The first-order chi connectivity index (χ1) is 10.7. The summed E-state index contributed by atoms with van der Waals surface area (Å²) in [6.07, 6.45) is 1.55. The van der Waals surface area contributed by atoms with Crippen molar-refractivity contribution in [1.29, 1.82) is 0 Å². The number of ether oxygens (including phenoxy) is 1. The number of hydrogen-bond donors (Lipinski definition) is 2. The molecule has 0 aliphatic carbocycles. The van der Waals surface area contributed by atoms with Crippen molar-refractivity contribution in [3.8, 4) is 5.75 Å². The third-order valence-electron chi connectivity index (χ3n) is 2.69. The van der Waals surface area contributed by atoms with E-state index in [9.17, 15) is 9.59 Å². The molecular weight excluding hydrogens is 302 g/mol. The van der Waals surface area contributed by atoms with E-state index < -0.39 is 5.91 Å². The predicted octanol–water partition coefficient (Wildman–Crippen LogP) is 1.64. The monoisotopic (exact) mass is 317 g/mol. The molecule has 0 aliphatic rings. The second-order valence-electron chi connectivity index (χ2n) is 4.19. The minimum absolute atomic E-state index is 0.168. The maximum absolute atomic E-state index is 12.0. The van der Waals surface area contributed by atoms with Gasteiger partial charge in [-0.15, -0.1) is 11.3 Å². The second-order valence-corrected chi connectivity index (χ2v) is 5.17. The lowest BCUT2D eigenvalue weighted by atomic mass is 10.2. The Morgan fingerprint density at radius 1 is 1.27 bits per heavy atom. The lowest BCUT2D eigenvalue weighted by molar-refractivity contribution is -0.120. The van der Waals surface area contributed by atoms with Gasteiger partial charge in [0.1, 0.15) is 5.75 Å². The number of amides is 2. The molecule has 0 aliphatic heterocycles. The number of hydrogen-bond acceptors (Lipinski definition) is 5. The Hall–Kier alpha value is -2.67. The van der Waals surface area contributed by atoms with Gasteiger partial charge in [-0.05, 0) is 23.6 Å². The van der Waals surface area contributed by atoms with Crippen LogP contribution in [0.15, 0.2) is 46.9 Å². The quantitative estimate of drug-likeness (QED) is 0.628. The lowest BCUT2D eigenvalue weighted by Crippen LogP contribution is -2.35. The van der Waals surface area contributed by atoms with Crippen molar-refractivity contribution in [1.82, 2.24) is 10.7 Å². The number of nitrogens with zero attached hydrogens (tertiary/aromatic N) is 1. The molecule has 0 bridgehead atoms. The highest BCUT2D eigenvalue weighted by Crippen LogP contribution is 2.16. The van der Waals surface area contributed by atoms with Gasteiger partial charge in [-0.1, -0.05) is 18.2 Å². The van der Waals surface area contributed by atoms with Crippen molar-refractivity contribution in [2.75, 3.05) is 13.7 Å². The Labute approximate surface area is 131 Å². The van der Waals surface area contributed by atoms with E-state index in [0.717, 1.165) is 4.88 Å². The van der Waals surface area contributed by atoms with Gasteiger partial charge < -0.3 is 10.1 Å². The number of nitrogens with one attached hydrogen (secondary N) is 2. The summed E-state index contributed by atoms with van der Waals surface area (Å²) in [5.41, 5.74) is 2.72. The van der Waals surface area contributed by atoms with Crippen molar-refractivity contribution in [3.63, 3.8) is 0 Å². The molecule has 0 unspecified atom stereocenters. The number of thiophene rings is 1. The molecular formula is C15H15N3O3S. The van der Waals surface area contributed by atoms with E-state index in [2.05, 4.69) is 15.8 Å². The number of hydrazone groups is 1. The average Bonchev–Trinajstić information content (AvgIpc) is 3.06. The van der Waals surface area contributed by atoms with Crippen LogP contribution in [0.2, 0.25) is 0 Å². The van der Waals surface area contributed by atoms with E-state index in [0.29, 0.717) is 11.3 Å². The lowest BCUT2D eigenvalue weighted by Gasteiger charge is -2.08. The number of rotatable bonds is 6. The van der Waals surface area contributed by atoms with Gasteiger partial charge in [0.15, 0.2) is 0 Å². The summed E-state index contributed by atoms with van der Waals surface area (Å²) in [5.74, 6) is -0.331. The molecule has 1 heterocycles. The van der Waals surface area contributed by atoms with Crippen LogP contribution in [-0.4, -0.2) is 31.7 Å². The van der Waals surface area contributed by atoms with E-state index in [1.807, 2.05) is 17.5 Å². The fourth-order valence-corrected chi connectivity index (χ4v) is 2.25. The number of carbonyl (C=O) groups excluding carboxylic acids is 2. The van der Waals surface area contributed by atoms with Gasteiger partial charge in [0, 0.05) is 4.88 Å². The molecule has 2 N–H and O–H groups in total. The van der Waals surface area contributed by atoms with Crippen LogP contribution in [0.25, 0.3) is 0 Å². The summed E-state index contributed by atoms with van der Waals surface area (Å²) in [4.78, 5) is 24.5. The summed E-state index contributed by atoms with van der Waals surface area (Å²) in [6, 6.07) is 10.6. The molecule has 1 aromatic carbocycles. The van der Waals surface area contributed by atoms with Crippen molar-refractivity contribution in [2.45, 2.75) is 0 Å². The van der Waals surface area contributed by atoms with Crippen LogP contribution in [0.3, 0.4) is 0 Å². The molecule has 0 saturated heterocycles. The Morgan fingerprint density at radius 3 is 2.82 bits per heavy atom. The molecule has 22 heavy (non-hydrogen) atoms. The Kier molecular flexibility index (Phi) is 5.67. The van der Waals surface area contributed by atoms with E-state index in [-0.39, 0.29) is 12.5 Å². The fraction of sp³-hybridized carbons (Fsp3) is 0.133. The number of methoxy groups -OCH3 is 1. The van der Waals surface area contributed by atoms with Crippen molar-refractivity contribution >= 4 is 29.4 Å². The van der Waals surface area contributed by atoms with Crippen molar-refractivity contribution < 1.29 is 14.3 Å². The Morgan fingerprint density at radius 2 is 2.09 bits per heavy atom. The molecule has 1 aromatic heterocycles. The van der Waals surface area contributed by atoms with Crippen LogP contribution < -0.4 is 15.5 Å². The smallest absolute Gasteiger partial charge is 0.259 e. The summed E-state index contributed by atoms with van der Waals surface area (Å²) in [5, 5.41) is 8.24. The van der Waals surface area contributed by atoms with Gasteiger partial charge in [0.25, 0.3) is 11.8 Å². The maximum atomic E-state index is 12.0. The van der Waals surface area contributed by atoms with Gasteiger partial charge in [0.2, 0.25) is 0 Å². The zero-order valence-electron chi connectivity index (χ0n) is 11.9. The molecule has 7 heteroatoms. The van der Waals surface area contributed by atoms with Gasteiger partial charge in [-0.3, -0.25) is 9.59 Å². The first kappa shape index (κ1) is 15.7. The fourth-order valence-electron chi connectivity index (χ4n) is 1.66. The molecule has 0 atom stereocenters. The van der Waals surface area contributed by atoms with Crippen LogP contribution in [-0.2, 0) is 4.79 Å². The molecule has 2 amide bonds. The standard InChI is InChI=1S/C15H15N3O3S/c1-21-13-7-3-2-6-12(13)15(20)16-10-14(19)18-17-9-11-5-4-8-22-11/h2-9H,10H2,1H3,(H,16,20)(H,18,19)/b17-9+. The zero-order chi connectivity index (χ0) is 15.8. The van der Waals surface area contributed by atoms with Crippen LogP contribution in [0, 0.1) is 0 Å². The van der Waals surface area contributed by atoms with E-state index >= 15 is 0 Å². The average molecular weight is 317 g/mol. The van der Waals surface area contributed by atoms with Crippen molar-refractivity contribution in [2.24, 2.45) is 5.10 Å². The van der Waals surface area contributed by atoms with Gasteiger partial charge >= 0.3 is 0 Å². The molecule has 2 aromatic rings. The minimum atomic E-state index is -0.406. The topological polar surface area (TPSA) is 79.8 Å². The maximum Gasteiger partial charge on any atom is 0.259 e. The SMILES string of the molecule is COc1ccccc1C(=O)NCC(=O)N/N=C/c1cccs1. The van der Waals surface area contributed by atoms with Crippen LogP contribution in [0.4, 0.5) is 0 Å². The molecule has 2 rings (SSSR count). The third-order valence-corrected chi connectivity index (χ3v) is 3.49. The summed E-state index contributed by atoms with van der Waals surface area (Å²) in [6.45, 7) is -0.168. The summed E-state index contributed by atoms with van der Waals surface area (Å²) in [7, 11) is 1.48. The zero-order valence-corrected chi connectivity index (χ0v) is 12.7. The number of carbonyl (C=O) groups is 2. The summed E-state index contributed by atoms with van der Waals surface area (Å²) < 4.78 is 5.10. The van der Waals surface area contributed by atoms with Crippen molar-refractivity contribution in [3.05, 3.63) is 52.2 Å². The molecule has 114 valence electrons. The van der Waals surface area contributed by atoms with Gasteiger partial charge in [0.05, 0.1) is 25.4 Å². The summed E-state index contributed by atoms with van der Waals surface area (Å²) >= 11 is 1.51. The van der Waals surface area contributed by atoms with Crippen LogP contribution >= 0.6 is 11.3 Å². The highest BCUT2D eigenvalue weighted by Gasteiger charge is 2.12. The van der Waals surface area contributed by atoms with E-state index in [1.165, 1.54) is 18.4 Å². The minimum Gasteiger partial charge on any atom is -0.496 e. The molecule has 0 radical (unpaired) electrons. The van der Waals surface area contributed by atoms with Gasteiger partial charge in [-0.2, -0.15) is 5.10 Å². The largest absolute Gasteiger partial charge is 0.496 e.